The molecule has 0 bridgehead atoms. The molecule has 4 heteroatoms. The van der Waals surface area contributed by atoms with Gasteiger partial charge in [-0.3, -0.25) is 4.79 Å². The van der Waals surface area contributed by atoms with E-state index >= 15 is 0 Å². The van der Waals surface area contributed by atoms with Crippen molar-refractivity contribution in [1.82, 2.24) is 5.32 Å². The topological polar surface area (TPSA) is 81.1 Å². The van der Waals surface area contributed by atoms with Crippen LogP contribution in [0.4, 0.5) is 0 Å². The summed E-state index contributed by atoms with van der Waals surface area (Å²) in [5.41, 5.74) is 9.78. The van der Waals surface area contributed by atoms with Crippen LogP contribution < -0.4 is 16.8 Å². The molecule has 0 radical (unpaired) electrons. The molecule has 0 spiro atoms. The number of amides is 1. The van der Waals surface area contributed by atoms with E-state index in [0.29, 0.717) is 0 Å². The van der Waals surface area contributed by atoms with Gasteiger partial charge < -0.3 is 16.8 Å². The lowest BCUT2D eigenvalue weighted by atomic mass is 10.4. The predicted molar refractivity (Wildman–Crippen MR) is 40.1 cm³/mol. The average molecular weight is 145 g/mol. The number of carbonyl (C=O) groups excluding carboxylic acids is 1. The monoisotopic (exact) mass is 145 g/mol. The molecule has 0 atom stereocenters. The Morgan fingerprint density at radius 3 is 2.20 bits per heavy atom. The van der Waals surface area contributed by atoms with Crippen molar-refractivity contribution in [1.29, 1.82) is 0 Å². The van der Waals surface area contributed by atoms with Gasteiger partial charge in [-0.2, -0.15) is 0 Å². The van der Waals surface area contributed by atoms with Crippen LogP contribution in [-0.4, -0.2) is 18.6 Å². The van der Waals surface area contributed by atoms with Crippen molar-refractivity contribution in [3.8, 4) is 0 Å². The maximum atomic E-state index is 10.1. The lowest BCUT2D eigenvalue weighted by molar-refractivity contribution is -0.119. The second-order valence-corrected chi connectivity index (χ2v) is 2.31. The third-order valence-electron chi connectivity index (χ3n) is 0.903. The summed E-state index contributed by atoms with van der Waals surface area (Å²) in [5, 5.41) is 2.68. The van der Waals surface area contributed by atoms with Gasteiger partial charge in [-0.05, 0) is 13.3 Å². The Hall–Kier alpha value is -0.610. The highest BCUT2D eigenvalue weighted by atomic mass is 16.1. The lowest BCUT2D eigenvalue weighted by Crippen LogP contribution is -2.25. The van der Waals surface area contributed by atoms with Gasteiger partial charge in [0.15, 0.2) is 0 Å². The van der Waals surface area contributed by atoms with Gasteiger partial charge in [-0.25, -0.2) is 0 Å². The summed E-state index contributed by atoms with van der Waals surface area (Å²) in [6.45, 7) is 2.61. The van der Waals surface area contributed by atoms with Gasteiger partial charge in [-0.15, -0.1) is 0 Å². The summed E-state index contributed by atoms with van der Waals surface area (Å²) in [6.07, 6.45) is 1.60. The molecule has 1 aliphatic rings. The molecule has 1 amide bonds. The number of nitrogens with two attached hydrogens (primary N) is 2. The Kier molecular flexibility index (Phi) is 4.88. The van der Waals surface area contributed by atoms with Gasteiger partial charge in [-0.1, -0.05) is 0 Å². The standard InChI is InChI=1S/C4H7NO.C2H8N2/c6-4-2-1-3-5-4;1-2(3)4/h1-3H2,(H,5,6);2H,3-4H2,1H3. The van der Waals surface area contributed by atoms with Crippen LogP contribution in [0.1, 0.15) is 19.8 Å². The van der Waals surface area contributed by atoms with Crippen LogP contribution in [0.3, 0.4) is 0 Å². The zero-order valence-corrected chi connectivity index (χ0v) is 6.26. The molecule has 4 nitrogen and oxygen atoms in total. The third-order valence-corrected chi connectivity index (χ3v) is 0.903. The fourth-order valence-electron chi connectivity index (χ4n) is 0.565. The molecule has 1 fully saturated rings. The third kappa shape index (κ3) is 7.39. The zero-order valence-electron chi connectivity index (χ0n) is 6.26. The molecule has 0 aromatic heterocycles. The van der Waals surface area contributed by atoms with E-state index in [4.69, 9.17) is 11.5 Å². The van der Waals surface area contributed by atoms with Crippen LogP contribution in [0, 0.1) is 0 Å². The van der Waals surface area contributed by atoms with Gasteiger partial charge in [0.1, 0.15) is 0 Å². The number of rotatable bonds is 0. The molecule has 0 aromatic carbocycles. The first-order chi connectivity index (χ1) is 4.63. The largest absolute Gasteiger partial charge is 0.356 e. The van der Waals surface area contributed by atoms with Gasteiger partial charge in [0.2, 0.25) is 5.91 Å². The maximum absolute atomic E-state index is 10.1. The van der Waals surface area contributed by atoms with Crippen LogP contribution in [-0.2, 0) is 4.79 Å². The number of hydrogen-bond acceptors (Lipinski definition) is 3. The molecule has 1 saturated heterocycles. The SMILES string of the molecule is CC(N)N.O=C1CCCN1. The van der Waals surface area contributed by atoms with Crippen molar-refractivity contribution in [2.75, 3.05) is 6.54 Å². The van der Waals surface area contributed by atoms with Gasteiger partial charge in [0, 0.05) is 19.1 Å². The van der Waals surface area contributed by atoms with Crippen LogP contribution >= 0.6 is 0 Å². The van der Waals surface area contributed by atoms with Crippen LogP contribution in [0.15, 0.2) is 0 Å². The molecule has 10 heavy (non-hydrogen) atoms. The first-order valence-corrected chi connectivity index (χ1v) is 3.41. The minimum atomic E-state index is -0.167. The molecule has 0 unspecified atom stereocenters. The van der Waals surface area contributed by atoms with E-state index in [9.17, 15) is 4.79 Å². The van der Waals surface area contributed by atoms with E-state index < -0.39 is 0 Å². The summed E-state index contributed by atoms with van der Waals surface area (Å²) in [7, 11) is 0. The van der Waals surface area contributed by atoms with E-state index in [2.05, 4.69) is 5.32 Å². The molecule has 1 rings (SSSR count). The summed E-state index contributed by atoms with van der Waals surface area (Å²) in [4.78, 5) is 10.1. The van der Waals surface area contributed by atoms with Gasteiger partial charge >= 0.3 is 0 Å². The quantitative estimate of drug-likeness (QED) is 0.388. The van der Waals surface area contributed by atoms with E-state index in [1.54, 1.807) is 6.92 Å². The average Bonchev–Trinajstić information content (AvgIpc) is 2.15. The highest BCUT2D eigenvalue weighted by molar-refractivity contribution is 5.77. The molecule has 0 aromatic rings. The van der Waals surface area contributed by atoms with Crippen molar-refractivity contribution < 1.29 is 4.79 Å². The molecular weight excluding hydrogens is 130 g/mol. The minimum Gasteiger partial charge on any atom is -0.356 e. The van der Waals surface area contributed by atoms with Crippen LogP contribution in [0.2, 0.25) is 0 Å². The fourth-order valence-corrected chi connectivity index (χ4v) is 0.565. The van der Waals surface area contributed by atoms with E-state index in [-0.39, 0.29) is 12.1 Å². The van der Waals surface area contributed by atoms with Crippen molar-refractivity contribution >= 4 is 5.91 Å². The van der Waals surface area contributed by atoms with Crippen molar-refractivity contribution in [2.45, 2.75) is 25.9 Å². The molecule has 0 aliphatic carbocycles. The molecule has 1 heterocycles. The highest BCUT2D eigenvalue weighted by Gasteiger charge is 2.05. The Labute approximate surface area is 61.0 Å². The van der Waals surface area contributed by atoms with E-state index in [1.165, 1.54) is 0 Å². The Balaban J connectivity index is 0.000000180. The smallest absolute Gasteiger partial charge is 0.220 e. The second-order valence-electron chi connectivity index (χ2n) is 2.31. The summed E-state index contributed by atoms with van der Waals surface area (Å²) >= 11 is 0. The number of hydrogen-bond donors (Lipinski definition) is 3. The first kappa shape index (κ1) is 9.39. The van der Waals surface area contributed by atoms with Crippen LogP contribution in [0.25, 0.3) is 0 Å². The molecular formula is C6H15N3O. The number of carbonyl (C=O) groups is 1. The van der Waals surface area contributed by atoms with Crippen LogP contribution in [0.5, 0.6) is 0 Å². The molecule has 60 valence electrons. The Bertz CT molecular complexity index is 92.4. The minimum absolute atomic E-state index is 0.167. The summed E-state index contributed by atoms with van der Waals surface area (Å²) < 4.78 is 0. The summed E-state index contributed by atoms with van der Waals surface area (Å²) in [5.74, 6) is 0.204. The normalized spacial score (nSPS) is 16.2. The van der Waals surface area contributed by atoms with Gasteiger partial charge in [0.25, 0.3) is 0 Å². The highest BCUT2D eigenvalue weighted by Crippen LogP contribution is 1.93. The Morgan fingerprint density at radius 1 is 1.60 bits per heavy atom. The molecule has 0 saturated carbocycles. The van der Waals surface area contributed by atoms with E-state index in [0.717, 1.165) is 19.4 Å². The van der Waals surface area contributed by atoms with Crippen molar-refractivity contribution in [2.24, 2.45) is 11.5 Å². The van der Waals surface area contributed by atoms with Crippen molar-refractivity contribution in [3.63, 3.8) is 0 Å². The maximum Gasteiger partial charge on any atom is 0.220 e. The zero-order chi connectivity index (χ0) is 7.98. The van der Waals surface area contributed by atoms with Gasteiger partial charge in [0.05, 0.1) is 0 Å². The summed E-state index contributed by atoms with van der Waals surface area (Å²) in [6, 6.07) is 0. The first-order valence-electron chi connectivity index (χ1n) is 3.41. The Morgan fingerprint density at radius 2 is 2.10 bits per heavy atom. The fraction of sp³-hybridized carbons (Fsp3) is 0.833. The van der Waals surface area contributed by atoms with E-state index in [1.807, 2.05) is 0 Å². The lowest BCUT2D eigenvalue weighted by Gasteiger charge is -1.83. The number of nitrogens with one attached hydrogen (secondary N) is 1. The molecule has 1 aliphatic heterocycles. The molecule has 5 N–H and O–H groups in total. The van der Waals surface area contributed by atoms with Crippen molar-refractivity contribution in [3.05, 3.63) is 0 Å². The second kappa shape index (κ2) is 5.20. The predicted octanol–water partition coefficient (Wildman–Crippen LogP) is -0.854.